The van der Waals surface area contributed by atoms with Gasteiger partial charge in [0, 0.05) is 18.9 Å². The molecule has 0 bridgehead atoms. The number of hydrogen-bond donors (Lipinski definition) is 0. The van der Waals surface area contributed by atoms with Crippen LogP contribution in [0.15, 0.2) is 12.2 Å². The minimum absolute atomic E-state index is 0.0404. The van der Waals surface area contributed by atoms with Crippen LogP contribution in [0.3, 0.4) is 0 Å². The fraction of sp³-hybridized carbons (Fsp3) is 0.643. The van der Waals surface area contributed by atoms with Gasteiger partial charge in [0.05, 0.1) is 5.41 Å². The number of carbonyl (C=O) groups excluding carboxylic acids is 3. The average Bonchev–Trinajstić information content (AvgIpc) is 2.44. The van der Waals surface area contributed by atoms with Crippen molar-refractivity contribution in [3.8, 4) is 0 Å². The van der Waals surface area contributed by atoms with Gasteiger partial charge in [0.15, 0.2) is 0 Å². The summed E-state index contributed by atoms with van der Waals surface area (Å²) >= 11 is 0. The molecular weight excluding hydrogens is 232 g/mol. The van der Waals surface area contributed by atoms with Gasteiger partial charge in [0.25, 0.3) is 0 Å². The highest BCUT2D eigenvalue weighted by atomic mass is 16.6. The van der Waals surface area contributed by atoms with Gasteiger partial charge in [-0.15, -0.1) is 0 Å². The highest BCUT2D eigenvalue weighted by Crippen LogP contribution is 2.34. The van der Waals surface area contributed by atoms with E-state index in [0.29, 0.717) is 12.8 Å². The van der Waals surface area contributed by atoms with Crippen LogP contribution in [0.1, 0.15) is 47.0 Å². The summed E-state index contributed by atoms with van der Waals surface area (Å²) in [6.45, 7) is 6.99. The van der Waals surface area contributed by atoms with Crippen LogP contribution in [0.5, 0.6) is 0 Å². The fourth-order valence-electron chi connectivity index (χ4n) is 1.89. The first kappa shape index (κ1) is 14.6. The van der Waals surface area contributed by atoms with Crippen molar-refractivity contribution < 1.29 is 19.1 Å². The molecule has 0 unspecified atom stereocenters. The van der Waals surface area contributed by atoms with E-state index in [0.717, 1.165) is 0 Å². The lowest BCUT2D eigenvalue weighted by molar-refractivity contribution is -0.148. The van der Waals surface area contributed by atoms with E-state index in [1.807, 2.05) is 0 Å². The van der Waals surface area contributed by atoms with Crippen molar-refractivity contribution in [1.29, 1.82) is 0 Å². The van der Waals surface area contributed by atoms with E-state index >= 15 is 0 Å². The summed E-state index contributed by atoms with van der Waals surface area (Å²) in [4.78, 5) is 34.7. The summed E-state index contributed by atoms with van der Waals surface area (Å²) in [6.07, 6.45) is 3.74. The molecule has 0 aliphatic heterocycles. The minimum atomic E-state index is -0.946. The highest BCUT2D eigenvalue weighted by molar-refractivity contribution is 6.12. The molecule has 0 aromatic heterocycles. The van der Waals surface area contributed by atoms with Crippen molar-refractivity contribution in [2.75, 3.05) is 0 Å². The third-order valence-electron chi connectivity index (χ3n) is 3.00. The van der Waals surface area contributed by atoms with Crippen LogP contribution >= 0.6 is 0 Å². The van der Waals surface area contributed by atoms with E-state index in [2.05, 4.69) is 0 Å². The van der Waals surface area contributed by atoms with Gasteiger partial charge in [-0.3, -0.25) is 9.59 Å². The molecule has 0 aromatic rings. The van der Waals surface area contributed by atoms with E-state index in [1.54, 1.807) is 33.8 Å². The van der Waals surface area contributed by atoms with Crippen LogP contribution in [0.25, 0.3) is 0 Å². The maximum absolute atomic E-state index is 11.6. The van der Waals surface area contributed by atoms with Gasteiger partial charge >= 0.3 is 5.97 Å². The molecule has 18 heavy (non-hydrogen) atoms. The number of rotatable bonds is 3. The lowest BCUT2D eigenvalue weighted by atomic mass is 9.83. The topological polar surface area (TPSA) is 60.4 Å². The van der Waals surface area contributed by atoms with Gasteiger partial charge in [0.1, 0.15) is 17.2 Å². The molecule has 0 aromatic carbocycles. The molecule has 1 aliphatic rings. The smallest absolute Gasteiger partial charge is 0.330 e. The van der Waals surface area contributed by atoms with Gasteiger partial charge < -0.3 is 4.74 Å². The Hall–Kier alpha value is -1.45. The normalized spacial score (nSPS) is 19.6. The van der Waals surface area contributed by atoms with Crippen molar-refractivity contribution in [1.82, 2.24) is 0 Å². The Labute approximate surface area is 107 Å². The van der Waals surface area contributed by atoms with Gasteiger partial charge in [-0.2, -0.15) is 0 Å². The molecule has 1 fully saturated rings. The van der Waals surface area contributed by atoms with Gasteiger partial charge in [-0.25, -0.2) is 4.79 Å². The predicted molar refractivity (Wildman–Crippen MR) is 67.0 cm³/mol. The SMILES string of the molecule is CC(C)(C)OC(=O)/C=C/CC1(C)C(=O)CCC1=O. The number of allylic oxidation sites excluding steroid dienone is 1. The summed E-state index contributed by atoms with van der Waals surface area (Å²) < 4.78 is 5.09. The van der Waals surface area contributed by atoms with Crippen molar-refractivity contribution >= 4 is 17.5 Å². The summed E-state index contributed by atoms with van der Waals surface area (Å²) in [5.74, 6) is -0.535. The first-order valence-corrected chi connectivity index (χ1v) is 6.11. The average molecular weight is 252 g/mol. The van der Waals surface area contributed by atoms with E-state index in [9.17, 15) is 14.4 Å². The Kier molecular flexibility index (Phi) is 4.09. The Morgan fingerprint density at radius 3 is 2.22 bits per heavy atom. The van der Waals surface area contributed by atoms with Gasteiger partial charge in [-0.1, -0.05) is 6.08 Å². The summed E-state index contributed by atoms with van der Waals surface area (Å²) in [7, 11) is 0. The monoisotopic (exact) mass is 252 g/mol. The molecule has 1 saturated carbocycles. The van der Waals surface area contributed by atoms with Crippen LogP contribution in [0.2, 0.25) is 0 Å². The Balaban J connectivity index is 2.57. The van der Waals surface area contributed by atoms with Gasteiger partial charge in [-0.05, 0) is 34.1 Å². The molecular formula is C14H20O4. The Morgan fingerprint density at radius 2 is 1.78 bits per heavy atom. The van der Waals surface area contributed by atoms with Crippen molar-refractivity contribution in [3.05, 3.63) is 12.2 Å². The third kappa shape index (κ3) is 3.52. The quantitative estimate of drug-likeness (QED) is 0.439. The van der Waals surface area contributed by atoms with E-state index in [4.69, 9.17) is 4.74 Å². The number of hydrogen-bond acceptors (Lipinski definition) is 4. The lowest BCUT2D eigenvalue weighted by Gasteiger charge is -2.19. The number of ketones is 2. The van der Waals surface area contributed by atoms with Crippen molar-refractivity contribution in [3.63, 3.8) is 0 Å². The fourth-order valence-corrected chi connectivity index (χ4v) is 1.89. The predicted octanol–water partition coefficient (Wildman–Crippen LogP) is 2.21. The second-order valence-corrected chi connectivity index (χ2v) is 5.82. The maximum Gasteiger partial charge on any atom is 0.330 e. The molecule has 1 rings (SSSR count). The minimum Gasteiger partial charge on any atom is -0.457 e. The van der Waals surface area contributed by atoms with E-state index in [1.165, 1.54) is 6.08 Å². The Bertz CT molecular complexity index is 383. The van der Waals surface area contributed by atoms with Crippen LogP contribution < -0.4 is 0 Å². The summed E-state index contributed by atoms with van der Waals surface area (Å²) in [6, 6.07) is 0. The number of ether oxygens (including phenoxy) is 1. The van der Waals surface area contributed by atoms with E-state index < -0.39 is 17.0 Å². The van der Waals surface area contributed by atoms with Gasteiger partial charge in [0.2, 0.25) is 0 Å². The molecule has 0 spiro atoms. The number of esters is 1. The zero-order chi connectivity index (χ0) is 14.0. The van der Waals surface area contributed by atoms with E-state index in [-0.39, 0.29) is 18.0 Å². The zero-order valence-electron chi connectivity index (χ0n) is 11.4. The molecule has 100 valence electrons. The first-order chi connectivity index (χ1) is 8.15. The number of Topliss-reactive ketones (excluding diaryl/α,β-unsaturated/α-hetero) is 2. The molecule has 0 amide bonds. The third-order valence-corrected chi connectivity index (χ3v) is 3.00. The van der Waals surface area contributed by atoms with Crippen LogP contribution in [0, 0.1) is 5.41 Å². The molecule has 0 atom stereocenters. The maximum atomic E-state index is 11.6. The molecule has 0 radical (unpaired) electrons. The highest BCUT2D eigenvalue weighted by Gasteiger charge is 2.44. The second kappa shape index (κ2) is 5.04. The van der Waals surface area contributed by atoms with Crippen LogP contribution in [0.4, 0.5) is 0 Å². The molecule has 1 aliphatic carbocycles. The summed E-state index contributed by atoms with van der Waals surface area (Å²) in [5.41, 5.74) is -1.48. The van der Waals surface area contributed by atoms with Crippen molar-refractivity contribution in [2.24, 2.45) is 5.41 Å². The Morgan fingerprint density at radius 1 is 1.28 bits per heavy atom. The zero-order valence-corrected chi connectivity index (χ0v) is 11.4. The van der Waals surface area contributed by atoms with Crippen LogP contribution in [-0.4, -0.2) is 23.1 Å². The standard InChI is InChI=1S/C14H20O4/c1-13(2,3)18-12(17)6-5-9-14(4)10(15)7-8-11(14)16/h5-6H,7-9H2,1-4H3/b6-5+. The molecule has 4 heteroatoms. The second-order valence-electron chi connectivity index (χ2n) is 5.82. The molecule has 0 N–H and O–H groups in total. The summed E-state index contributed by atoms with van der Waals surface area (Å²) in [5, 5.41) is 0. The molecule has 0 saturated heterocycles. The number of carbonyl (C=O) groups is 3. The largest absolute Gasteiger partial charge is 0.457 e. The van der Waals surface area contributed by atoms with Crippen molar-refractivity contribution in [2.45, 2.75) is 52.6 Å². The molecule has 4 nitrogen and oxygen atoms in total. The first-order valence-electron chi connectivity index (χ1n) is 6.11. The lowest BCUT2D eigenvalue weighted by Crippen LogP contribution is -2.28. The van der Waals surface area contributed by atoms with Crippen LogP contribution in [-0.2, 0) is 19.1 Å². The molecule has 0 heterocycles.